The third-order valence-electron chi connectivity index (χ3n) is 3.37. The van der Waals surface area contributed by atoms with E-state index in [0.717, 1.165) is 49.6 Å². The Morgan fingerprint density at radius 2 is 2.00 bits per heavy atom. The number of hydrogen-bond donors (Lipinski definition) is 2. The summed E-state index contributed by atoms with van der Waals surface area (Å²) in [5.74, 6) is -0.631. The Morgan fingerprint density at radius 3 is 2.70 bits per heavy atom. The van der Waals surface area contributed by atoms with Gasteiger partial charge in [-0.05, 0) is 52.0 Å². The number of nitrogens with zero attached hydrogens (tertiary/aromatic N) is 3. The molecule has 3 N–H and O–H groups in total. The summed E-state index contributed by atoms with van der Waals surface area (Å²) in [6, 6.07) is 3.14. The molecule has 124 valence electrons. The maximum atomic E-state index is 13.6. The van der Waals surface area contributed by atoms with Crippen molar-refractivity contribution < 1.29 is 8.78 Å². The number of rotatable bonds is 7. The Kier molecular flexibility index (Phi) is 5.81. The lowest BCUT2D eigenvalue weighted by molar-refractivity contribution is 0.394. The SMILES string of the molecule is CN(C)CCCCc1cnc(Nc2cc(F)ccc2F)nc1N. The summed E-state index contributed by atoms with van der Waals surface area (Å²) in [5.41, 5.74) is 6.75. The Morgan fingerprint density at radius 1 is 1.22 bits per heavy atom. The van der Waals surface area contributed by atoms with E-state index in [1.54, 1.807) is 6.20 Å². The van der Waals surface area contributed by atoms with E-state index in [9.17, 15) is 8.78 Å². The molecular formula is C16H21F2N5. The van der Waals surface area contributed by atoms with Crippen LogP contribution in [0.2, 0.25) is 0 Å². The maximum Gasteiger partial charge on any atom is 0.229 e. The van der Waals surface area contributed by atoms with Crippen LogP contribution in [0.25, 0.3) is 0 Å². The standard InChI is InChI=1S/C16H21F2N5/c1-23(2)8-4-3-5-11-10-20-16(22-15(11)19)21-14-9-12(17)6-7-13(14)18/h6-7,9-10H,3-5,8H2,1-2H3,(H3,19,20,21,22). The molecule has 2 aromatic rings. The lowest BCUT2D eigenvalue weighted by Crippen LogP contribution is -2.13. The smallest absolute Gasteiger partial charge is 0.229 e. The number of aromatic nitrogens is 2. The number of halogens is 2. The van der Waals surface area contributed by atoms with E-state index >= 15 is 0 Å². The summed E-state index contributed by atoms with van der Waals surface area (Å²) in [6.45, 7) is 1.01. The molecule has 0 unspecified atom stereocenters. The first-order valence-corrected chi connectivity index (χ1v) is 7.44. The van der Waals surface area contributed by atoms with Crippen molar-refractivity contribution in [3.8, 4) is 0 Å². The summed E-state index contributed by atoms with van der Waals surface area (Å²) >= 11 is 0. The minimum atomic E-state index is -0.582. The van der Waals surface area contributed by atoms with Crippen LogP contribution >= 0.6 is 0 Å². The van der Waals surface area contributed by atoms with E-state index in [0.29, 0.717) is 5.82 Å². The molecule has 0 spiro atoms. The van der Waals surface area contributed by atoms with Crippen LogP contribution in [0.4, 0.5) is 26.2 Å². The summed E-state index contributed by atoms with van der Waals surface area (Å²) in [5, 5.41) is 2.64. The van der Waals surface area contributed by atoms with Crippen molar-refractivity contribution in [2.24, 2.45) is 0 Å². The van der Waals surface area contributed by atoms with Crippen LogP contribution < -0.4 is 11.1 Å². The van der Waals surface area contributed by atoms with Gasteiger partial charge in [0.25, 0.3) is 0 Å². The van der Waals surface area contributed by atoms with Gasteiger partial charge in [0.15, 0.2) is 0 Å². The highest BCUT2D eigenvalue weighted by Crippen LogP contribution is 2.20. The Labute approximate surface area is 134 Å². The molecular weight excluding hydrogens is 300 g/mol. The van der Waals surface area contributed by atoms with Crippen LogP contribution in [-0.4, -0.2) is 35.5 Å². The molecule has 0 bridgehead atoms. The van der Waals surface area contributed by atoms with Gasteiger partial charge in [0.2, 0.25) is 5.95 Å². The quantitative estimate of drug-likeness (QED) is 0.768. The third-order valence-corrected chi connectivity index (χ3v) is 3.37. The normalized spacial score (nSPS) is 11.0. The summed E-state index contributed by atoms with van der Waals surface area (Å²) in [4.78, 5) is 10.4. The van der Waals surface area contributed by atoms with Crippen LogP contribution in [0.5, 0.6) is 0 Å². The van der Waals surface area contributed by atoms with Crippen molar-refractivity contribution >= 4 is 17.5 Å². The highest BCUT2D eigenvalue weighted by molar-refractivity contribution is 5.56. The van der Waals surface area contributed by atoms with E-state index in [1.807, 2.05) is 14.1 Å². The molecule has 0 aliphatic carbocycles. The molecule has 1 aromatic heterocycles. The average molecular weight is 321 g/mol. The van der Waals surface area contributed by atoms with Crippen molar-refractivity contribution in [1.82, 2.24) is 14.9 Å². The van der Waals surface area contributed by atoms with Gasteiger partial charge >= 0.3 is 0 Å². The zero-order valence-electron chi connectivity index (χ0n) is 13.3. The Bertz CT molecular complexity index is 661. The number of hydrogen-bond acceptors (Lipinski definition) is 5. The van der Waals surface area contributed by atoms with Crippen molar-refractivity contribution in [3.63, 3.8) is 0 Å². The van der Waals surface area contributed by atoms with Gasteiger partial charge in [0.05, 0.1) is 5.69 Å². The first-order valence-electron chi connectivity index (χ1n) is 7.44. The predicted octanol–water partition coefficient (Wildman–Crippen LogP) is 2.96. The number of aryl methyl sites for hydroxylation is 1. The average Bonchev–Trinajstić information content (AvgIpc) is 2.49. The number of unbranched alkanes of at least 4 members (excludes halogenated alkanes) is 1. The van der Waals surface area contributed by atoms with Gasteiger partial charge < -0.3 is 16.0 Å². The summed E-state index contributed by atoms with van der Waals surface area (Å²) in [6.07, 6.45) is 4.45. The summed E-state index contributed by atoms with van der Waals surface area (Å²) in [7, 11) is 4.06. The second-order valence-electron chi connectivity index (χ2n) is 5.61. The van der Waals surface area contributed by atoms with Gasteiger partial charge in [0.1, 0.15) is 17.5 Å². The molecule has 0 saturated heterocycles. The predicted molar refractivity (Wildman–Crippen MR) is 87.6 cm³/mol. The Hall–Kier alpha value is -2.28. The number of anilines is 3. The third kappa shape index (κ3) is 5.14. The monoisotopic (exact) mass is 321 g/mol. The minimum absolute atomic E-state index is 0.0249. The molecule has 0 aliphatic rings. The van der Waals surface area contributed by atoms with E-state index in [-0.39, 0.29) is 11.6 Å². The van der Waals surface area contributed by atoms with Crippen molar-refractivity contribution in [1.29, 1.82) is 0 Å². The first kappa shape index (κ1) is 17.1. The first-order chi connectivity index (χ1) is 11.0. The maximum absolute atomic E-state index is 13.6. The molecule has 1 heterocycles. The molecule has 0 fully saturated rings. The number of nitrogens with two attached hydrogens (primary N) is 1. The molecule has 2 rings (SSSR count). The van der Waals surface area contributed by atoms with Crippen molar-refractivity contribution in [3.05, 3.63) is 41.6 Å². The van der Waals surface area contributed by atoms with Crippen LogP contribution in [0.15, 0.2) is 24.4 Å². The number of benzene rings is 1. The van der Waals surface area contributed by atoms with Crippen molar-refractivity contribution in [2.75, 3.05) is 31.7 Å². The molecule has 7 heteroatoms. The lowest BCUT2D eigenvalue weighted by atomic mass is 10.1. The molecule has 5 nitrogen and oxygen atoms in total. The van der Waals surface area contributed by atoms with Gasteiger partial charge in [-0.1, -0.05) is 0 Å². The lowest BCUT2D eigenvalue weighted by Gasteiger charge is -2.10. The van der Waals surface area contributed by atoms with Crippen LogP contribution in [0, 0.1) is 11.6 Å². The molecule has 0 amide bonds. The molecule has 0 radical (unpaired) electrons. The van der Waals surface area contributed by atoms with E-state index in [2.05, 4.69) is 20.2 Å². The molecule has 0 saturated carbocycles. The van der Waals surface area contributed by atoms with Gasteiger partial charge in [-0.15, -0.1) is 0 Å². The van der Waals surface area contributed by atoms with E-state index in [1.165, 1.54) is 0 Å². The summed E-state index contributed by atoms with van der Waals surface area (Å²) < 4.78 is 26.7. The largest absolute Gasteiger partial charge is 0.383 e. The molecule has 1 aromatic carbocycles. The van der Waals surface area contributed by atoms with Crippen LogP contribution in [0.1, 0.15) is 18.4 Å². The fourth-order valence-corrected chi connectivity index (χ4v) is 2.13. The molecule has 0 aliphatic heterocycles. The van der Waals surface area contributed by atoms with Crippen LogP contribution in [0.3, 0.4) is 0 Å². The zero-order valence-corrected chi connectivity index (χ0v) is 13.3. The molecule has 0 atom stereocenters. The van der Waals surface area contributed by atoms with Crippen molar-refractivity contribution in [2.45, 2.75) is 19.3 Å². The van der Waals surface area contributed by atoms with Gasteiger partial charge in [-0.3, -0.25) is 0 Å². The van der Waals surface area contributed by atoms with Crippen LogP contribution in [-0.2, 0) is 6.42 Å². The fraction of sp³-hybridized carbons (Fsp3) is 0.375. The van der Waals surface area contributed by atoms with E-state index < -0.39 is 11.6 Å². The number of nitrogens with one attached hydrogen (secondary N) is 1. The second kappa shape index (κ2) is 7.82. The highest BCUT2D eigenvalue weighted by Gasteiger charge is 2.08. The Balaban J connectivity index is 2.00. The van der Waals surface area contributed by atoms with Gasteiger partial charge in [-0.2, -0.15) is 4.98 Å². The highest BCUT2D eigenvalue weighted by atomic mass is 19.1. The van der Waals surface area contributed by atoms with Gasteiger partial charge in [0, 0.05) is 17.8 Å². The topological polar surface area (TPSA) is 67.1 Å². The molecule has 23 heavy (non-hydrogen) atoms. The zero-order chi connectivity index (χ0) is 16.8. The van der Waals surface area contributed by atoms with Gasteiger partial charge in [-0.25, -0.2) is 13.8 Å². The fourth-order valence-electron chi connectivity index (χ4n) is 2.13. The number of nitrogen functional groups attached to an aromatic ring is 1. The minimum Gasteiger partial charge on any atom is -0.383 e. The second-order valence-corrected chi connectivity index (χ2v) is 5.61. The van der Waals surface area contributed by atoms with E-state index in [4.69, 9.17) is 5.73 Å².